The lowest BCUT2D eigenvalue weighted by molar-refractivity contribution is 0.178. The SMILES string of the molecule is CN=C(NCc1ccc(F)cc1)NCC1CCN(Cc2ccc(OC)cc2)CC1. The number of nitrogens with one attached hydrogen (secondary N) is 2. The highest BCUT2D eigenvalue weighted by atomic mass is 19.1. The van der Waals surface area contributed by atoms with Gasteiger partial charge in [0, 0.05) is 26.7 Å². The average molecular weight is 399 g/mol. The predicted molar refractivity (Wildman–Crippen MR) is 116 cm³/mol. The van der Waals surface area contributed by atoms with Crippen molar-refractivity contribution in [2.45, 2.75) is 25.9 Å². The van der Waals surface area contributed by atoms with Crippen molar-refractivity contribution in [2.75, 3.05) is 33.8 Å². The molecule has 2 aromatic carbocycles. The molecule has 0 spiro atoms. The van der Waals surface area contributed by atoms with Gasteiger partial charge in [-0.25, -0.2) is 4.39 Å². The van der Waals surface area contributed by atoms with Crippen molar-refractivity contribution in [3.05, 3.63) is 65.5 Å². The molecule has 0 aromatic heterocycles. The van der Waals surface area contributed by atoms with Crippen LogP contribution in [0.2, 0.25) is 0 Å². The largest absolute Gasteiger partial charge is 0.497 e. The lowest BCUT2D eigenvalue weighted by Gasteiger charge is -2.32. The zero-order valence-electron chi connectivity index (χ0n) is 17.3. The Labute approximate surface area is 173 Å². The van der Waals surface area contributed by atoms with Crippen molar-refractivity contribution in [1.82, 2.24) is 15.5 Å². The summed E-state index contributed by atoms with van der Waals surface area (Å²) in [4.78, 5) is 6.80. The van der Waals surface area contributed by atoms with Gasteiger partial charge in [-0.05, 0) is 67.2 Å². The van der Waals surface area contributed by atoms with Crippen LogP contribution < -0.4 is 15.4 Å². The van der Waals surface area contributed by atoms with Gasteiger partial charge in [-0.2, -0.15) is 0 Å². The molecule has 0 saturated carbocycles. The van der Waals surface area contributed by atoms with E-state index in [1.54, 1.807) is 26.3 Å². The number of methoxy groups -OCH3 is 1. The molecule has 5 nitrogen and oxygen atoms in total. The summed E-state index contributed by atoms with van der Waals surface area (Å²) < 4.78 is 18.2. The van der Waals surface area contributed by atoms with Crippen molar-refractivity contribution in [3.8, 4) is 5.75 Å². The Balaban J connectivity index is 1.36. The van der Waals surface area contributed by atoms with Crippen LogP contribution in [0.25, 0.3) is 0 Å². The van der Waals surface area contributed by atoms with E-state index < -0.39 is 0 Å². The second-order valence-corrected chi connectivity index (χ2v) is 7.50. The Morgan fingerprint density at radius 3 is 2.31 bits per heavy atom. The van der Waals surface area contributed by atoms with Gasteiger partial charge in [0.15, 0.2) is 5.96 Å². The molecule has 1 aliphatic heterocycles. The molecule has 2 N–H and O–H groups in total. The molecular weight excluding hydrogens is 367 g/mol. The molecule has 0 aliphatic carbocycles. The number of hydrogen-bond acceptors (Lipinski definition) is 3. The monoisotopic (exact) mass is 398 g/mol. The first-order valence-corrected chi connectivity index (χ1v) is 10.2. The fourth-order valence-corrected chi connectivity index (χ4v) is 3.59. The van der Waals surface area contributed by atoms with Gasteiger partial charge >= 0.3 is 0 Å². The second-order valence-electron chi connectivity index (χ2n) is 7.50. The molecule has 2 aromatic rings. The lowest BCUT2D eigenvalue weighted by Crippen LogP contribution is -2.42. The van der Waals surface area contributed by atoms with Crippen LogP contribution >= 0.6 is 0 Å². The maximum atomic E-state index is 13.0. The Bertz CT molecular complexity index is 768. The highest BCUT2D eigenvalue weighted by molar-refractivity contribution is 5.79. The number of likely N-dealkylation sites (tertiary alicyclic amines) is 1. The highest BCUT2D eigenvalue weighted by Gasteiger charge is 2.19. The van der Waals surface area contributed by atoms with Gasteiger partial charge in [0.1, 0.15) is 11.6 Å². The van der Waals surface area contributed by atoms with Crippen LogP contribution in [0.5, 0.6) is 5.75 Å². The standard InChI is InChI=1S/C23H31FN4O/c1-25-23(26-15-18-3-7-21(24)8-4-18)27-16-19-11-13-28(14-12-19)17-20-5-9-22(29-2)10-6-20/h3-10,19H,11-17H2,1-2H3,(H2,25,26,27). The van der Waals surface area contributed by atoms with E-state index in [0.29, 0.717) is 12.5 Å². The summed E-state index contributed by atoms with van der Waals surface area (Å²) in [6, 6.07) is 14.9. The van der Waals surface area contributed by atoms with Crippen LogP contribution in [0.15, 0.2) is 53.5 Å². The summed E-state index contributed by atoms with van der Waals surface area (Å²) in [5.41, 5.74) is 2.36. The van der Waals surface area contributed by atoms with E-state index in [1.165, 1.54) is 30.5 Å². The van der Waals surface area contributed by atoms with E-state index in [4.69, 9.17) is 4.74 Å². The zero-order valence-corrected chi connectivity index (χ0v) is 17.3. The van der Waals surface area contributed by atoms with Gasteiger partial charge in [0.05, 0.1) is 7.11 Å². The van der Waals surface area contributed by atoms with Gasteiger partial charge < -0.3 is 15.4 Å². The minimum absolute atomic E-state index is 0.213. The summed E-state index contributed by atoms with van der Waals surface area (Å²) in [7, 11) is 3.47. The first-order chi connectivity index (χ1) is 14.2. The quantitative estimate of drug-likeness (QED) is 0.554. The third-order valence-corrected chi connectivity index (χ3v) is 5.43. The molecule has 0 amide bonds. The molecular formula is C23H31FN4O. The van der Waals surface area contributed by atoms with Crippen LogP contribution in [0.4, 0.5) is 4.39 Å². The summed E-state index contributed by atoms with van der Waals surface area (Å²) in [6.07, 6.45) is 2.36. The van der Waals surface area contributed by atoms with Gasteiger partial charge in [-0.3, -0.25) is 9.89 Å². The van der Waals surface area contributed by atoms with E-state index in [-0.39, 0.29) is 5.82 Å². The third kappa shape index (κ3) is 6.75. The Morgan fingerprint density at radius 1 is 1.03 bits per heavy atom. The van der Waals surface area contributed by atoms with Gasteiger partial charge in [-0.1, -0.05) is 24.3 Å². The minimum atomic E-state index is -0.213. The highest BCUT2D eigenvalue weighted by Crippen LogP contribution is 2.19. The topological polar surface area (TPSA) is 48.9 Å². The maximum absolute atomic E-state index is 13.0. The third-order valence-electron chi connectivity index (χ3n) is 5.43. The van der Waals surface area contributed by atoms with E-state index in [2.05, 4.69) is 32.7 Å². The number of aliphatic imine (C=N–C) groups is 1. The van der Waals surface area contributed by atoms with E-state index in [0.717, 1.165) is 43.5 Å². The molecule has 1 fully saturated rings. The molecule has 156 valence electrons. The number of benzene rings is 2. The van der Waals surface area contributed by atoms with Gasteiger partial charge in [0.2, 0.25) is 0 Å². The van der Waals surface area contributed by atoms with Crippen LogP contribution in [0, 0.1) is 11.7 Å². The first-order valence-electron chi connectivity index (χ1n) is 10.2. The number of nitrogens with zero attached hydrogens (tertiary/aromatic N) is 2. The van der Waals surface area contributed by atoms with Crippen molar-refractivity contribution in [2.24, 2.45) is 10.9 Å². The van der Waals surface area contributed by atoms with Crippen molar-refractivity contribution in [1.29, 1.82) is 0 Å². The van der Waals surface area contributed by atoms with E-state index >= 15 is 0 Å². The van der Waals surface area contributed by atoms with Crippen molar-refractivity contribution >= 4 is 5.96 Å². The lowest BCUT2D eigenvalue weighted by atomic mass is 9.96. The molecule has 1 heterocycles. The summed E-state index contributed by atoms with van der Waals surface area (Å²) in [5.74, 6) is 2.12. The Kier molecular flexibility index (Phi) is 7.87. The Morgan fingerprint density at radius 2 is 1.69 bits per heavy atom. The minimum Gasteiger partial charge on any atom is -0.497 e. The number of piperidine rings is 1. The van der Waals surface area contributed by atoms with E-state index in [1.807, 2.05) is 12.1 Å². The molecule has 29 heavy (non-hydrogen) atoms. The maximum Gasteiger partial charge on any atom is 0.191 e. The average Bonchev–Trinajstić information content (AvgIpc) is 2.76. The number of halogens is 1. The molecule has 0 atom stereocenters. The van der Waals surface area contributed by atoms with Gasteiger partial charge in [0.25, 0.3) is 0 Å². The molecule has 0 radical (unpaired) electrons. The van der Waals surface area contributed by atoms with Crippen LogP contribution in [-0.2, 0) is 13.1 Å². The van der Waals surface area contributed by atoms with Crippen LogP contribution in [0.3, 0.4) is 0 Å². The van der Waals surface area contributed by atoms with Crippen molar-refractivity contribution in [3.63, 3.8) is 0 Å². The van der Waals surface area contributed by atoms with E-state index in [9.17, 15) is 4.39 Å². The summed E-state index contributed by atoms with van der Waals surface area (Å²) in [5, 5.41) is 6.72. The smallest absolute Gasteiger partial charge is 0.191 e. The number of ether oxygens (including phenoxy) is 1. The van der Waals surface area contributed by atoms with Crippen LogP contribution in [0.1, 0.15) is 24.0 Å². The molecule has 0 bridgehead atoms. The summed E-state index contributed by atoms with van der Waals surface area (Å²) >= 11 is 0. The number of guanidine groups is 1. The summed E-state index contributed by atoms with van der Waals surface area (Å²) in [6.45, 7) is 4.75. The first kappa shape index (κ1) is 21.1. The molecule has 0 unspecified atom stereocenters. The molecule has 3 rings (SSSR count). The molecule has 6 heteroatoms. The van der Waals surface area contributed by atoms with Crippen molar-refractivity contribution < 1.29 is 9.13 Å². The fourth-order valence-electron chi connectivity index (χ4n) is 3.59. The molecule has 1 saturated heterocycles. The van der Waals surface area contributed by atoms with Crippen LogP contribution in [-0.4, -0.2) is 44.7 Å². The fraction of sp³-hybridized carbons (Fsp3) is 0.435. The predicted octanol–water partition coefficient (Wildman–Crippen LogP) is 3.41. The Hall–Kier alpha value is -2.60. The second kappa shape index (κ2) is 10.8. The van der Waals surface area contributed by atoms with Gasteiger partial charge in [-0.15, -0.1) is 0 Å². The normalized spacial score (nSPS) is 15.9. The zero-order chi connectivity index (χ0) is 20.5. The molecule has 1 aliphatic rings. The number of rotatable bonds is 7. The number of hydrogen-bond donors (Lipinski definition) is 2.